The number of hydrogen-bond donors (Lipinski definition) is 2. The topological polar surface area (TPSA) is 120 Å². The summed E-state index contributed by atoms with van der Waals surface area (Å²) in [6.45, 7) is 13.6. The minimum atomic E-state index is -1.72. The third kappa shape index (κ3) is 4.57. The van der Waals surface area contributed by atoms with E-state index in [1.807, 2.05) is 38.1 Å². The van der Waals surface area contributed by atoms with Gasteiger partial charge in [-0.2, -0.15) is 0 Å². The van der Waals surface area contributed by atoms with E-state index >= 15 is 0 Å². The number of pyridine rings is 1. The van der Waals surface area contributed by atoms with Crippen molar-refractivity contribution >= 4 is 5.97 Å². The first-order valence-electron chi connectivity index (χ1n) is 11.5. The van der Waals surface area contributed by atoms with Gasteiger partial charge in [-0.05, 0) is 55.7 Å². The van der Waals surface area contributed by atoms with Gasteiger partial charge in [-0.3, -0.25) is 9.78 Å². The van der Waals surface area contributed by atoms with Crippen LogP contribution in [0.4, 0.5) is 0 Å². The normalized spacial score (nSPS) is 13.6. The third-order valence-corrected chi connectivity index (χ3v) is 6.16. The Kier molecular flexibility index (Phi) is 6.90. The summed E-state index contributed by atoms with van der Waals surface area (Å²) in [6.07, 6.45) is 1.16. The summed E-state index contributed by atoms with van der Waals surface area (Å²) in [6, 6.07) is 7.90. The number of nitrogens with zero attached hydrogens (tertiary/aromatic N) is 1. The molecule has 3 rings (SSSR count). The standard InChI is InChI=1S/C27H34N2O5/c1-8-19-22(27(7,24(30)31)23-16(3)33-25(32)34-23)21(17-11-9-15(2)10-12-17)18(14-28)20(29-19)13-26(4,5)6/h9-12H,8,13-14,28H2,1-7H3,(H,30,31). The van der Waals surface area contributed by atoms with Crippen molar-refractivity contribution in [2.24, 2.45) is 11.1 Å². The Hall–Kier alpha value is -3.19. The lowest BCUT2D eigenvalue weighted by Crippen LogP contribution is -2.37. The molecule has 2 aromatic heterocycles. The van der Waals surface area contributed by atoms with Crippen LogP contribution in [0.5, 0.6) is 0 Å². The van der Waals surface area contributed by atoms with E-state index in [-0.39, 0.29) is 23.5 Å². The van der Waals surface area contributed by atoms with Crippen LogP contribution in [-0.4, -0.2) is 16.1 Å². The second kappa shape index (κ2) is 9.22. The molecule has 3 aromatic rings. The largest absolute Gasteiger partial charge is 0.519 e. The summed E-state index contributed by atoms with van der Waals surface area (Å²) < 4.78 is 10.4. The molecular weight excluding hydrogens is 432 g/mol. The first kappa shape index (κ1) is 25.4. The Morgan fingerprint density at radius 3 is 2.12 bits per heavy atom. The molecule has 0 amide bonds. The first-order valence-corrected chi connectivity index (χ1v) is 11.5. The van der Waals surface area contributed by atoms with Gasteiger partial charge < -0.3 is 19.7 Å². The van der Waals surface area contributed by atoms with Crippen molar-refractivity contribution in [1.29, 1.82) is 0 Å². The second-order valence-electron chi connectivity index (χ2n) is 10.2. The molecule has 182 valence electrons. The summed E-state index contributed by atoms with van der Waals surface area (Å²) in [7, 11) is 0. The molecule has 0 saturated heterocycles. The molecule has 2 heterocycles. The van der Waals surface area contributed by atoms with Gasteiger partial charge in [-0.15, -0.1) is 0 Å². The van der Waals surface area contributed by atoms with E-state index in [2.05, 4.69) is 20.8 Å². The third-order valence-electron chi connectivity index (χ3n) is 6.16. The Labute approximate surface area is 200 Å². The highest BCUT2D eigenvalue weighted by Gasteiger charge is 2.47. The average molecular weight is 467 g/mol. The van der Waals surface area contributed by atoms with E-state index < -0.39 is 17.2 Å². The average Bonchev–Trinajstić information content (AvgIpc) is 3.10. The lowest BCUT2D eigenvalue weighted by molar-refractivity contribution is -0.142. The quantitative estimate of drug-likeness (QED) is 0.507. The number of aliphatic carboxylic acids is 1. The number of hydrogen-bond acceptors (Lipinski definition) is 6. The molecule has 1 aromatic carbocycles. The van der Waals surface area contributed by atoms with Crippen LogP contribution >= 0.6 is 0 Å². The molecule has 34 heavy (non-hydrogen) atoms. The molecule has 3 N–H and O–H groups in total. The molecule has 0 spiro atoms. The van der Waals surface area contributed by atoms with Gasteiger partial charge in [-0.1, -0.05) is 57.5 Å². The summed E-state index contributed by atoms with van der Waals surface area (Å²) in [5.74, 6) is -2.02. The summed E-state index contributed by atoms with van der Waals surface area (Å²) >= 11 is 0. The molecule has 7 heteroatoms. The van der Waals surface area contributed by atoms with Gasteiger partial charge in [0.25, 0.3) is 0 Å². The van der Waals surface area contributed by atoms with Crippen molar-refractivity contribution in [1.82, 2.24) is 4.98 Å². The van der Waals surface area contributed by atoms with Crippen LogP contribution in [0.2, 0.25) is 0 Å². The van der Waals surface area contributed by atoms with Crippen molar-refractivity contribution in [3.05, 3.63) is 74.5 Å². The highest BCUT2D eigenvalue weighted by molar-refractivity contribution is 5.90. The Morgan fingerprint density at radius 1 is 1.06 bits per heavy atom. The van der Waals surface area contributed by atoms with Crippen LogP contribution in [0.3, 0.4) is 0 Å². The summed E-state index contributed by atoms with van der Waals surface area (Å²) in [5, 5.41) is 10.6. The molecule has 7 nitrogen and oxygen atoms in total. The minimum absolute atomic E-state index is 0.0404. The monoisotopic (exact) mass is 466 g/mol. The molecule has 0 aliphatic heterocycles. The molecular formula is C27H34N2O5. The minimum Gasteiger partial charge on any atom is -0.480 e. The van der Waals surface area contributed by atoms with Crippen molar-refractivity contribution in [2.45, 2.75) is 73.3 Å². The van der Waals surface area contributed by atoms with Crippen LogP contribution in [0.15, 0.2) is 37.9 Å². The molecule has 0 aliphatic rings. The number of carbonyl (C=O) groups is 1. The number of aromatic nitrogens is 1. The SMILES string of the molecule is CCc1nc(CC(C)(C)C)c(CN)c(-c2ccc(C)cc2)c1C(C)(C(=O)O)c1oc(=O)oc1C. The number of nitrogens with two attached hydrogens (primary N) is 1. The predicted octanol–water partition coefficient (Wildman–Crippen LogP) is 4.91. The molecule has 0 aliphatic carbocycles. The number of benzene rings is 1. The molecule has 0 saturated carbocycles. The van der Waals surface area contributed by atoms with Gasteiger partial charge >= 0.3 is 11.8 Å². The first-order chi connectivity index (χ1) is 15.8. The molecule has 0 radical (unpaired) electrons. The molecule has 0 fully saturated rings. The summed E-state index contributed by atoms with van der Waals surface area (Å²) in [5.41, 5.74) is 9.91. The highest BCUT2D eigenvalue weighted by Crippen LogP contribution is 2.44. The maximum absolute atomic E-state index is 12.9. The van der Waals surface area contributed by atoms with E-state index in [9.17, 15) is 14.7 Å². The fourth-order valence-corrected chi connectivity index (χ4v) is 4.55. The Bertz CT molecular complexity index is 1260. The van der Waals surface area contributed by atoms with Crippen LogP contribution in [0.25, 0.3) is 11.1 Å². The highest BCUT2D eigenvalue weighted by atomic mass is 16.6. The zero-order chi connectivity index (χ0) is 25.4. The molecule has 0 bridgehead atoms. The van der Waals surface area contributed by atoms with E-state index in [1.165, 1.54) is 13.8 Å². The van der Waals surface area contributed by atoms with Gasteiger partial charge in [-0.25, -0.2) is 4.79 Å². The Morgan fingerprint density at radius 2 is 1.68 bits per heavy atom. The smallest absolute Gasteiger partial charge is 0.480 e. The van der Waals surface area contributed by atoms with Gasteiger partial charge in [0.2, 0.25) is 0 Å². The van der Waals surface area contributed by atoms with Gasteiger partial charge in [0.05, 0.1) is 0 Å². The number of aryl methyl sites for hydroxylation is 3. The Balaban J connectivity index is 2.55. The van der Waals surface area contributed by atoms with Crippen molar-refractivity contribution in [3.8, 4) is 11.1 Å². The fourth-order valence-electron chi connectivity index (χ4n) is 4.55. The van der Waals surface area contributed by atoms with Gasteiger partial charge in [0, 0.05) is 23.5 Å². The zero-order valence-electron chi connectivity index (χ0n) is 21.0. The lowest BCUT2D eigenvalue weighted by atomic mass is 9.72. The van der Waals surface area contributed by atoms with Gasteiger partial charge in [0.15, 0.2) is 11.2 Å². The van der Waals surface area contributed by atoms with E-state index in [0.29, 0.717) is 24.1 Å². The fraction of sp³-hybridized carbons (Fsp3) is 0.444. The molecule has 1 atom stereocenters. The van der Waals surface area contributed by atoms with Crippen LogP contribution < -0.4 is 11.6 Å². The predicted molar refractivity (Wildman–Crippen MR) is 131 cm³/mol. The van der Waals surface area contributed by atoms with Crippen LogP contribution in [0.1, 0.15) is 74.2 Å². The van der Waals surface area contributed by atoms with Crippen molar-refractivity contribution < 1.29 is 18.7 Å². The number of carboxylic acid groups (broad SMARTS) is 1. The molecule has 1 unspecified atom stereocenters. The van der Waals surface area contributed by atoms with E-state index in [0.717, 1.165) is 27.9 Å². The summed E-state index contributed by atoms with van der Waals surface area (Å²) in [4.78, 5) is 29.8. The second-order valence-corrected chi connectivity index (χ2v) is 10.2. The van der Waals surface area contributed by atoms with Crippen molar-refractivity contribution in [2.75, 3.05) is 0 Å². The zero-order valence-corrected chi connectivity index (χ0v) is 21.0. The van der Waals surface area contributed by atoms with E-state index in [1.54, 1.807) is 0 Å². The number of carboxylic acids is 1. The van der Waals surface area contributed by atoms with Crippen LogP contribution in [-0.2, 0) is 29.6 Å². The van der Waals surface area contributed by atoms with E-state index in [4.69, 9.17) is 19.6 Å². The van der Waals surface area contributed by atoms with Crippen molar-refractivity contribution in [3.63, 3.8) is 0 Å². The maximum atomic E-state index is 12.9. The number of rotatable bonds is 7. The van der Waals surface area contributed by atoms with Crippen LogP contribution in [0, 0.1) is 19.3 Å². The maximum Gasteiger partial charge on any atom is 0.519 e. The lowest BCUT2D eigenvalue weighted by Gasteiger charge is -2.31. The van der Waals surface area contributed by atoms with Gasteiger partial charge in [0.1, 0.15) is 5.76 Å².